The molecule has 4 rings (SSSR count). The molecule has 0 amide bonds. The molecule has 2 heterocycles. The van der Waals surface area contributed by atoms with Crippen LogP contribution in [0, 0.1) is 0 Å². The Labute approximate surface area is 176 Å². The van der Waals surface area contributed by atoms with Gasteiger partial charge < -0.3 is 15.4 Å². The van der Waals surface area contributed by atoms with Crippen molar-refractivity contribution in [2.45, 2.75) is 25.8 Å². The van der Waals surface area contributed by atoms with Gasteiger partial charge in [-0.05, 0) is 30.2 Å². The summed E-state index contributed by atoms with van der Waals surface area (Å²) in [5, 5.41) is 15.2. The Morgan fingerprint density at radius 2 is 1.93 bits per heavy atom. The molecule has 4 aromatic rings. The fourth-order valence-electron chi connectivity index (χ4n) is 3.26. The average molecular weight is 429 g/mol. The maximum atomic E-state index is 10.8. The van der Waals surface area contributed by atoms with Crippen molar-refractivity contribution in [3.05, 3.63) is 63.9 Å². The van der Waals surface area contributed by atoms with E-state index in [1.54, 1.807) is 6.07 Å². The first kappa shape index (κ1) is 19.5. The summed E-state index contributed by atoms with van der Waals surface area (Å²) >= 11 is 12.1. The van der Waals surface area contributed by atoms with E-state index in [0.717, 1.165) is 27.5 Å². The Morgan fingerprint density at radius 1 is 1.10 bits per heavy atom. The van der Waals surface area contributed by atoms with Crippen molar-refractivity contribution in [3.63, 3.8) is 0 Å². The lowest BCUT2D eigenvalue weighted by Crippen LogP contribution is -2.06. The Bertz CT molecular complexity index is 1210. The first-order chi connectivity index (χ1) is 14.0. The second-order valence-corrected chi connectivity index (χ2v) is 7.55. The van der Waals surface area contributed by atoms with E-state index in [1.807, 2.05) is 36.4 Å². The van der Waals surface area contributed by atoms with Crippen LogP contribution in [0.1, 0.15) is 24.2 Å². The standard InChI is InChI=1S/C21H18Cl2N4O2/c22-14-9-8-12(10-15(14)23)11-24-20-19-13-4-1-2-5-16(13)25-21(19)27-17(26-20)6-3-7-18(28)29/h1-2,4-5,8-10H,3,6-7,11H2,(H,28,29)(H2,24,25,26,27). The molecule has 0 saturated heterocycles. The van der Waals surface area contributed by atoms with Gasteiger partial charge in [-0.15, -0.1) is 0 Å². The number of anilines is 1. The van der Waals surface area contributed by atoms with Crippen LogP contribution in [0.3, 0.4) is 0 Å². The number of aromatic amines is 1. The Balaban J connectivity index is 1.70. The van der Waals surface area contributed by atoms with Crippen LogP contribution in [0.5, 0.6) is 0 Å². The minimum atomic E-state index is -0.824. The molecule has 0 aliphatic heterocycles. The van der Waals surface area contributed by atoms with Crippen LogP contribution in [0.4, 0.5) is 5.82 Å². The van der Waals surface area contributed by atoms with E-state index >= 15 is 0 Å². The molecular formula is C21H18Cl2N4O2. The lowest BCUT2D eigenvalue weighted by molar-refractivity contribution is -0.137. The first-order valence-electron chi connectivity index (χ1n) is 9.18. The van der Waals surface area contributed by atoms with E-state index in [1.165, 1.54) is 0 Å². The number of nitrogens with one attached hydrogen (secondary N) is 2. The SMILES string of the molecule is O=C(O)CCCc1nc(NCc2ccc(Cl)c(Cl)c2)c2c(n1)[nH]c1ccccc12. The maximum absolute atomic E-state index is 10.8. The molecular weight excluding hydrogens is 411 g/mol. The number of aliphatic carboxylic acids is 1. The fourth-order valence-corrected chi connectivity index (χ4v) is 3.58. The van der Waals surface area contributed by atoms with Crippen LogP contribution in [0.15, 0.2) is 42.5 Å². The third-order valence-electron chi connectivity index (χ3n) is 4.64. The summed E-state index contributed by atoms with van der Waals surface area (Å²) in [6, 6.07) is 13.4. The third kappa shape index (κ3) is 4.28. The van der Waals surface area contributed by atoms with Crippen LogP contribution in [0.25, 0.3) is 21.9 Å². The van der Waals surface area contributed by atoms with Crippen molar-refractivity contribution >= 4 is 56.9 Å². The molecule has 0 unspecified atom stereocenters. The van der Waals surface area contributed by atoms with E-state index in [9.17, 15) is 4.79 Å². The summed E-state index contributed by atoms with van der Waals surface area (Å²) in [7, 11) is 0. The van der Waals surface area contributed by atoms with Gasteiger partial charge in [0.2, 0.25) is 0 Å². The predicted octanol–water partition coefficient (Wildman–Crippen LogP) is 5.44. The van der Waals surface area contributed by atoms with Gasteiger partial charge in [0.1, 0.15) is 17.3 Å². The van der Waals surface area contributed by atoms with Crippen LogP contribution in [-0.2, 0) is 17.8 Å². The van der Waals surface area contributed by atoms with Crippen LogP contribution < -0.4 is 5.32 Å². The van der Waals surface area contributed by atoms with Gasteiger partial charge in [-0.1, -0.05) is 47.5 Å². The van der Waals surface area contributed by atoms with E-state index in [4.69, 9.17) is 28.3 Å². The number of halogens is 2. The molecule has 0 atom stereocenters. The lowest BCUT2D eigenvalue weighted by atomic mass is 10.2. The summed E-state index contributed by atoms with van der Waals surface area (Å²) in [4.78, 5) is 23.4. The van der Waals surface area contributed by atoms with Crippen LogP contribution >= 0.6 is 23.2 Å². The quantitative estimate of drug-likeness (QED) is 0.364. The van der Waals surface area contributed by atoms with Crippen molar-refractivity contribution < 1.29 is 9.90 Å². The highest BCUT2D eigenvalue weighted by Gasteiger charge is 2.14. The second kappa shape index (κ2) is 8.27. The van der Waals surface area contributed by atoms with Crippen molar-refractivity contribution in [1.29, 1.82) is 0 Å². The van der Waals surface area contributed by atoms with E-state index in [2.05, 4.69) is 20.3 Å². The highest BCUT2D eigenvalue weighted by molar-refractivity contribution is 6.42. The molecule has 2 aromatic carbocycles. The number of para-hydroxylation sites is 1. The van der Waals surface area contributed by atoms with Gasteiger partial charge in [0.25, 0.3) is 0 Å². The Kier molecular flexibility index (Phi) is 5.56. The van der Waals surface area contributed by atoms with Crippen molar-refractivity contribution in [3.8, 4) is 0 Å². The zero-order valence-electron chi connectivity index (χ0n) is 15.4. The number of hydrogen-bond acceptors (Lipinski definition) is 4. The molecule has 148 valence electrons. The van der Waals surface area contributed by atoms with Crippen molar-refractivity contribution in [1.82, 2.24) is 15.0 Å². The zero-order valence-corrected chi connectivity index (χ0v) is 16.9. The molecule has 29 heavy (non-hydrogen) atoms. The number of carboxylic acids is 1. The largest absolute Gasteiger partial charge is 0.481 e. The number of H-pyrrole nitrogens is 1. The summed E-state index contributed by atoms with van der Waals surface area (Å²) < 4.78 is 0. The molecule has 0 saturated carbocycles. The number of carboxylic acid groups (broad SMARTS) is 1. The van der Waals surface area contributed by atoms with Gasteiger partial charge >= 0.3 is 5.97 Å². The number of rotatable bonds is 7. The van der Waals surface area contributed by atoms with Gasteiger partial charge in [-0.3, -0.25) is 4.79 Å². The molecule has 0 fully saturated rings. The number of benzene rings is 2. The number of hydrogen-bond donors (Lipinski definition) is 3. The van der Waals surface area contributed by atoms with Gasteiger partial charge in [0.05, 0.1) is 15.4 Å². The average Bonchev–Trinajstić information content (AvgIpc) is 3.07. The Hall–Kier alpha value is -2.83. The van der Waals surface area contributed by atoms with Gasteiger partial charge in [0, 0.05) is 30.3 Å². The Morgan fingerprint density at radius 3 is 2.72 bits per heavy atom. The number of aryl methyl sites for hydroxylation is 1. The smallest absolute Gasteiger partial charge is 0.303 e. The summed E-state index contributed by atoms with van der Waals surface area (Å²) in [5.41, 5.74) is 2.67. The topological polar surface area (TPSA) is 90.9 Å². The normalized spacial score (nSPS) is 11.2. The van der Waals surface area contributed by atoms with E-state index in [0.29, 0.717) is 41.1 Å². The number of fused-ring (bicyclic) bond motifs is 3. The van der Waals surface area contributed by atoms with Crippen LogP contribution in [-0.4, -0.2) is 26.0 Å². The maximum Gasteiger partial charge on any atom is 0.303 e. The molecule has 0 aliphatic carbocycles. The summed E-state index contributed by atoms with van der Waals surface area (Å²) in [5.74, 6) is 0.473. The number of carbonyl (C=O) groups is 1. The molecule has 6 nitrogen and oxygen atoms in total. The molecule has 8 heteroatoms. The minimum absolute atomic E-state index is 0.0835. The fraction of sp³-hybridized carbons (Fsp3) is 0.190. The highest BCUT2D eigenvalue weighted by atomic mass is 35.5. The van der Waals surface area contributed by atoms with Crippen LogP contribution in [0.2, 0.25) is 10.0 Å². The predicted molar refractivity (Wildman–Crippen MR) is 116 cm³/mol. The minimum Gasteiger partial charge on any atom is -0.481 e. The number of nitrogens with zero attached hydrogens (tertiary/aromatic N) is 2. The van der Waals surface area contributed by atoms with Crippen molar-refractivity contribution in [2.75, 3.05) is 5.32 Å². The lowest BCUT2D eigenvalue weighted by Gasteiger charge is -2.10. The molecule has 0 spiro atoms. The molecule has 2 aromatic heterocycles. The third-order valence-corrected chi connectivity index (χ3v) is 5.38. The summed E-state index contributed by atoms with van der Waals surface area (Å²) in [6.45, 7) is 0.511. The molecule has 0 aliphatic rings. The first-order valence-corrected chi connectivity index (χ1v) is 9.94. The monoisotopic (exact) mass is 428 g/mol. The molecule has 0 bridgehead atoms. The van der Waals surface area contributed by atoms with E-state index < -0.39 is 5.97 Å². The van der Waals surface area contributed by atoms with E-state index in [-0.39, 0.29) is 6.42 Å². The van der Waals surface area contributed by atoms with Gasteiger partial charge in [0.15, 0.2) is 0 Å². The van der Waals surface area contributed by atoms with Gasteiger partial charge in [-0.25, -0.2) is 9.97 Å². The molecule has 3 N–H and O–H groups in total. The molecule has 0 radical (unpaired) electrons. The summed E-state index contributed by atoms with van der Waals surface area (Å²) in [6.07, 6.45) is 1.05. The van der Waals surface area contributed by atoms with Crippen molar-refractivity contribution in [2.24, 2.45) is 0 Å². The number of aromatic nitrogens is 3. The zero-order chi connectivity index (χ0) is 20.4. The second-order valence-electron chi connectivity index (χ2n) is 6.73. The van der Waals surface area contributed by atoms with Gasteiger partial charge in [-0.2, -0.15) is 0 Å². The highest BCUT2D eigenvalue weighted by Crippen LogP contribution is 2.30.